The van der Waals surface area contributed by atoms with Crippen LogP contribution in [0, 0.1) is 17.1 Å². The summed E-state index contributed by atoms with van der Waals surface area (Å²) in [6.07, 6.45) is 1.32. The second kappa shape index (κ2) is 9.88. The van der Waals surface area contributed by atoms with E-state index in [1.165, 1.54) is 18.3 Å². The number of rotatable bonds is 6. The first-order valence-electron chi connectivity index (χ1n) is 8.66. The third-order valence-corrected chi connectivity index (χ3v) is 4.53. The Hall–Kier alpha value is -3.40. The van der Waals surface area contributed by atoms with Crippen molar-refractivity contribution >= 4 is 35.3 Å². The van der Waals surface area contributed by atoms with Gasteiger partial charge >= 0.3 is 0 Å². The maximum absolute atomic E-state index is 13.9. The van der Waals surface area contributed by atoms with E-state index in [1.807, 2.05) is 30.3 Å². The normalized spacial score (nSPS) is 10.6. The molecule has 0 unspecified atom stereocenters. The van der Waals surface area contributed by atoms with Gasteiger partial charge in [0.25, 0.3) is 5.91 Å². The number of carbonyl (C=O) groups is 1. The van der Waals surface area contributed by atoms with Crippen molar-refractivity contribution in [1.29, 1.82) is 5.26 Å². The van der Waals surface area contributed by atoms with Crippen molar-refractivity contribution in [3.05, 3.63) is 98.8 Å². The molecular formula is C22H14Cl2FN3O2. The van der Waals surface area contributed by atoms with E-state index in [1.54, 1.807) is 18.2 Å². The molecular weight excluding hydrogens is 428 g/mol. The fourth-order valence-corrected chi connectivity index (χ4v) is 3.13. The number of nitrogens with zero attached hydrogens (tertiary/aromatic N) is 2. The van der Waals surface area contributed by atoms with Gasteiger partial charge in [-0.05, 0) is 41.5 Å². The zero-order valence-corrected chi connectivity index (χ0v) is 16.9. The van der Waals surface area contributed by atoms with E-state index in [0.29, 0.717) is 17.9 Å². The molecule has 0 fully saturated rings. The molecule has 150 valence electrons. The Morgan fingerprint density at radius 3 is 2.47 bits per heavy atom. The van der Waals surface area contributed by atoms with Crippen LogP contribution in [0.15, 0.2) is 65.8 Å². The monoisotopic (exact) mass is 441 g/mol. The number of hydrogen-bond donors (Lipinski definition) is 1. The van der Waals surface area contributed by atoms with Crippen molar-refractivity contribution in [2.24, 2.45) is 5.10 Å². The molecule has 0 aromatic heterocycles. The van der Waals surface area contributed by atoms with Crippen molar-refractivity contribution in [2.45, 2.75) is 6.61 Å². The Morgan fingerprint density at radius 2 is 1.83 bits per heavy atom. The number of nitriles is 1. The molecule has 3 aromatic carbocycles. The molecule has 0 aliphatic carbocycles. The quantitative estimate of drug-likeness (QED) is 0.413. The van der Waals surface area contributed by atoms with Gasteiger partial charge in [0.1, 0.15) is 12.4 Å². The SMILES string of the molecule is N#Cc1ccc(C(=O)N/N=C\c2cc(Cl)c(OCc3ccccc3)c(Cl)c2)c(F)c1. The third-order valence-electron chi connectivity index (χ3n) is 3.97. The highest BCUT2D eigenvalue weighted by molar-refractivity contribution is 6.37. The Bertz CT molecular complexity index is 1120. The van der Waals surface area contributed by atoms with E-state index in [2.05, 4.69) is 10.5 Å². The van der Waals surface area contributed by atoms with Crippen LogP contribution < -0.4 is 10.2 Å². The van der Waals surface area contributed by atoms with Gasteiger partial charge in [0.15, 0.2) is 5.75 Å². The van der Waals surface area contributed by atoms with Crippen LogP contribution in [0.5, 0.6) is 5.75 Å². The van der Waals surface area contributed by atoms with E-state index in [4.69, 9.17) is 33.2 Å². The number of amides is 1. The van der Waals surface area contributed by atoms with Crippen molar-refractivity contribution < 1.29 is 13.9 Å². The predicted octanol–water partition coefficient (Wildman–Crippen LogP) is 5.35. The molecule has 0 atom stereocenters. The van der Waals surface area contributed by atoms with Crippen LogP contribution in [-0.4, -0.2) is 12.1 Å². The van der Waals surface area contributed by atoms with E-state index in [9.17, 15) is 9.18 Å². The number of hydrazone groups is 1. The van der Waals surface area contributed by atoms with Gasteiger partial charge in [0, 0.05) is 0 Å². The number of ether oxygens (including phenoxy) is 1. The highest BCUT2D eigenvalue weighted by Crippen LogP contribution is 2.34. The van der Waals surface area contributed by atoms with E-state index in [-0.39, 0.29) is 21.2 Å². The van der Waals surface area contributed by atoms with Gasteiger partial charge in [-0.2, -0.15) is 10.4 Å². The molecule has 1 N–H and O–H groups in total. The van der Waals surface area contributed by atoms with E-state index in [0.717, 1.165) is 11.6 Å². The molecule has 0 saturated carbocycles. The summed E-state index contributed by atoms with van der Waals surface area (Å²) in [5.41, 5.74) is 3.58. The molecule has 0 bridgehead atoms. The minimum Gasteiger partial charge on any atom is -0.486 e. The summed E-state index contributed by atoms with van der Waals surface area (Å²) in [4.78, 5) is 12.0. The second-order valence-corrected chi connectivity index (χ2v) is 6.91. The molecule has 8 heteroatoms. The predicted molar refractivity (Wildman–Crippen MR) is 113 cm³/mol. The Kier molecular flexibility index (Phi) is 7.02. The number of hydrogen-bond acceptors (Lipinski definition) is 4. The summed E-state index contributed by atoms with van der Waals surface area (Å²) in [6, 6.07) is 18.0. The Balaban J connectivity index is 1.66. The van der Waals surface area contributed by atoms with Crippen LogP contribution in [0.3, 0.4) is 0 Å². The maximum atomic E-state index is 13.9. The van der Waals surface area contributed by atoms with Crippen LogP contribution in [-0.2, 0) is 6.61 Å². The first kappa shape index (κ1) is 21.3. The maximum Gasteiger partial charge on any atom is 0.274 e. The standard InChI is InChI=1S/C22H14Cl2FN3O2/c23-18-8-16(9-19(24)21(18)30-13-14-4-2-1-3-5-14)12-27-28-22(29)17-7-6-15(11-26)10-20(17)25/h1-10,12H,13H2,(H,28,29)/b27-12-. The summed E-state index contributed by atoms with van der Waals surface area (Å²) < 4.78 is 19.6. The van der Waals surface area contributed by atoms with Crippen LogP contribution >= 0.6 is 23.2 Å². The van der Waals surface area contributed by atoms with Crippen molar-refractivity contribution in [3.63, 3.8) is 0 Å². The average Bonchev–Trinajstić information content (AvgIpc) is 2.73. The van der Waals surface area contributed by atoms with E-state index >= 15 is 0 Å². The van der Waals surface area contributed by atoms with E-state index < -0.39 is 11.7 Å². The molecule has 30 heavy (non-hydrogen) atoms. The van der Waals surface area contributed by atoms with Gasteiger partial charge < -0.3 is 4.74 Å². The molecule has 0 saturated heterocycles. The van der Waals surface area contributed by atoms with Gasteiger partial charge in [-0.1, -0.05) is 53.5 Å². The van der Waals surface area contributed by atoms with Crippen molar-refractivity contribution in [3.8, 4) is 11.8 Å². The average molecular weight is 442 g/mol. The van der Waals surface area contributed by atoms with Crippen molar-refractivity contribution in [2.75, 3.05) is 0 Å². The number of halogens is 3. The minimum absolute atomic E-state index is 0.117. The molecule has 0 heterocycles. The second-order valence-electron chi connectivity index (χ2n) is 6.09. The molecule has 1 amide bonds. The lowest BCUT2D eigenvalue weighted by molar-refractivity contribution is 0.0951. The lowest BCUT2D eigenvalue weighted by Gasteiger charge is -2.11. The first-order valence-corrected chi connectivity index (χ1v) is 9.42. The zero-order valence-electron chi connectivity index (χ0n) is 15.4. The summed E-state index contributed by atoms with van der Waals surface area (Å²) in [6.45, 7) is 0.305. The van der Waals surface area contributed by atoms with Crippen LogP contribution in [0.1, 0.15) is 27.0 Å². The molecule has 5 nitrogen and oxygen atoms in total. The minimum atomic E-state index is -0.812. The van der Waals surface area contributed by atoms with Gasteiger partial charge in [-0.3, -0.25) is 4.79 Å². The highest BCUT2D eigenvalue weighted by Gasteiger charge is 2.12. The Labute approximate surface area is 182 Å². The molecule has 3 rings (SSSR count). The Morgan fingerprint density at radius 1 is 1.13 bits per heavy atom. The zero-order chi connectivity index (χ0) is 21.5. The number of carbonyl (C=O) groups excluding carboxylic acids is 1. The summed E-state index contributed by atoms with van der Waals surface area (Å²) in [5, 5.41) is 13.1. The summed E-state index contributed by atoms with van der Waals surface area (Å²) in [5.74, 6) is -1.23. The van der Waals surface area contributed by atoms with Crippen LogP contribution in [0.4, 0.5) is 4.39 Å². The summed E-state index contributed by atoms with van der Waals surface area (Å²) in [7, 11) is 0. The fourth-order valence-electron chi connectivity index (χ4n) is 2.52. The largest absolute Gasteiger partial charge is 0.486 e. The van der Waals surface area contributed by atoms with Gasteiger partial charge in [-0.15, -0.1) is 0 Å². The van der Waals surface area contributed by atoms with Gasteiger partial charge in [0.05, 0.1) is 33.5 Å². The smallest absolute Gasteiger partial charge is 0.274 e. The third kappa shape index (κ3) is 5.35. The molecule has 0 spiro atoms. The molecule has 0 radical (unpaired) electrons. The number of benzene rings is 3. The molecule has 3 aromatic rings. The first-order chi connectivity index (χ1) is 14.5. The fraction of sp³-hybridized carbons (Fsp3) is 0.0455. The highest BCUT2D eigenvalue weighted by atomic mass is 35.5. The topological polar surface area (TPSA) is 74.5 Å². The lowest BCUT2D eigenvalue weighted by atomic mass is 10.1. The van der Waals surface area contributed by atoms with Crippen LogP contribution in [0.25, 0.3) is 0 Å². The van der Waals surface area contributed by atoms with Crippen molar-refractivity contribution in [1.82, 2.24) is 5.43 Å². The summed E-state index contributed by atoms with van der Waals surface area (Å²) >= 11 is 12.5. The van der Waals surface area contributed by atoms with Crippen LogP contribution in [0.2, 0.25) is 10.0 Å². The number of nitrogens with one attached hydrogen (secondary N) is 1. The van der Waals surface area contributed by atoms with Gasteiger partial charge in [-0.25, -0.2) is 9.82 Å². The molecule has 0 aliphatic rings. The molecule has 0 aliphatic heterocycles. The van der Waals surface area contributed by atoms with Gasteiger partial charge in [0.2, 0.25) is 0 Å². The lowest BCUT2D eigenvalue weighted by Crippen LogP contribution is -2.19.